The van der Waals surface area contributed by atoms with Gasteiger partial charge in [-0.15, -0.1) is 0 Å². The maximum Gasteiger partial charge on any atom is 0.267 e. The molecule has 0 aliphatic carbocycles. The van der Waals surface area contributed by atoms with Crippen LogP contribution >= 0.6 is 0 Å². The van der Waals surface area contributed by atoms with Crippen molar-refractivity contribution < 1.29 is 13.5 Å². The molecule has 0 amide bonds. The molecule has 0 saturated carbocycles. The fraction of sp³-hybridized carbons (Fsp3) is 0.400. The van der Waals surface area contributed by atoms with E-state index in [1.165, 1.54) is 6.20 Å². The lowest BCUT2D eigenvalue weighted by atomic mass is 10.1. The van der Waals surface area contributed by atoms with Gasteiger partial charge < -0.3 is 4.74 Å². The Morgan fingerprint density at radius 2 is 2.00 bits per heavy atom. The molecule has 1 aromatic carbocycles. The van der Waals surface area contributed by atoms with E-state index in [2.05, 4.69) is 5.10 Å². The van der Waals surface area contributed by atoms with Gasteiger partial charge in [0.25, 0.3) is 6.43 Å². The van der Waals surface area contributed by atoms with Crippen LogP contribution in [0.25, 0.3) is 11.3 Å². The standard InChI is InChI=1S/C15H16F2N2O/c16-15(17)12-10-19(13-8-4-5-9-20-13)18-14(12)11-6-2-1-3-7-11/h1-3,6-7,10,13,15H,4-5,8-9H2. The average molecular weight is 278 g/mol. The molecule has 1 aliphatic heterocycles. The molecular weight excluding hydrogens is 262 g/mol. The highest BCUT2D eigenvalue weighted by molar-refractivity contribution is 5.62. The Morgan fingerprint density at radius 1 is 1.20 bits per heavy atom. The maximum absolute atomic E-state index is 13.2. The average Bonchev–Trinajstić information content (AvgIpc) is 2.94. The SMILES string of the molecule is FC(F)c1cn(C2CCCCO2)nc1-c1ccccc1. The normalized spacial score (nSPS) is 19.4. The monoisotopic (exact) mass is 278 g/mol. The summed E-state index contributed by atoms with van der Waals surface area (Å²) < 4.78 is 33.5. The number of halogens is 2. The van der Waals surface area contributed by atoms with Crippen molar-refractivity contribution in [3.8, 4) is 11.3 Å². The molecular formula is C15H16F2N2O. The number of ether oxygens (including phenoxy) is 1. The Labute approximate surface area is 116 Å². The largest absolute Gasteiger partial charge is 0.357 e. The first kappa shape index (κ1) is 13.2. The van der Waals surface area contributed by atoms with E-state index >= 15 is 0 Å². The summed E-state index contributed by atoms with van der Waals surface area (Å²) in [4.78, 5) is 0. The highest BCUT2D eigenvalue weighted by Crippen LogP contribution is 2.32. The van der Waals surface area contributed by atoms with Crippen LogP contribution in [0.4, 0.5) is 8.78 Å². The van der Waals surface area contributed by atoms with Gasteiger partial charge in [-0.25, -0.2) is 13.5 Å². The van der Waals surface area contributed by atoms with Crippen molar-refractivity contribution in [3.63, 3.8) is 0 Å². The number of nitrogens with zero attached hydrogens (tertiary/aromatic N) is 2. The minimum atomic E-state index is -2.54. The third-order valence-corrected chi connectivity index (χ3v) is 3.49. The summed E-state index contributed by atoms with van der Waals surface area (Å²) in [6.45, 7) is 0.662. The molecule has 1 saturated heterocycles. The highest BCUT2D eigenvalue weighted by atomic mass is 19.3. The van der Waals surface area contributed by atoms with Gasteiger partial charge in [-0.1, -0.05) is 30.3 Å². The van der Waals surface area contributed by atoms with Crippen LogP contribution in [0.3, 0.4) is 0 Å². The third-order valence-electron chi connectivity index (χ3n) is 3.49. The van der Waals surface area contributed by atoms with Crippen LogP contribution in [0.1, 0.15) is 37.5 Å². The molecule has 106 valence electrons. The molecule has 2 heterocycles. The summed E-state index contributed by atoms with van der Waals surface area (Å²) >= 11 is 0. The molecule has 20 heavy (non-hydrogen) atoms. The topological polar surface area (TPSA) is 27.1 Å². The van der Waals surface area contributed by atoms with Crippen LogP contribution in [0.2, 0.25) is 0 Å². The van der Waals surface area contributed by atoms with E-state index in [1.807, 2.05) is 18.2 Å². The molecule has 1 aromatic heterocycles. The van der Waals surface area contributed by atoms with E-state index in [-0.39, 0.29) is 11.8 Å². The Morgan fingerprint density at radius 3 is 2.65 bits per heavy atom. The van der Waals surface area contributed by atoms with E-state index in [9.17, 15) is 8.78 Å². The summed E-state index contributed by atoms with van der Waals surface area (Å²) in [7, 11) is 0. The molecule has 3 rings (SSSR count). The Bertz CT molecular complexity index is 563. The number of hydrogen-bond donors (Lipinski definition) is 0. The van der Waals surface area contributed by atoms with Gasteiger partial charge in [-0.3, -0.25) is 0 Å². The Hall–Kier alpha value is -1.75. The highest BCUT2D eigenvalue weighted by Gasteiger charge is 2.23. The molecule has 0 spiro atoms. The number of hydrogen-bond acceptors (Lipinski definition) is 2. The van der Waals surface area contributed by atoms with Crippen molar-refractivity contribution in [2.24, 2.45) is 0 Å². The van der Waals surface area contributed by atoms with Crippen LogP contribution in [0, 0.1) is 0 Å². The van der Waals surface area contributed by atoms with Gasteiger partial charge in [0.15, 0.2) is 0 Å². The van der Waals surface area contributed by atoms with E-state index in [1.54, 1.807) is 16.8 Å². The molecule has 0 N–H and O–H groups in total. The van der Waals surface area contributed by atoms with Gasteiger partial charge in [-0.05, 0) is 19.3 Å². The Balaban J connectivity index is 1.98. The van der Waals surface area contributed by atoms with Gasteiger partial charge in [0.2, 0.25) is 0 Å². The molecule has 0 radical (unpaired) electrons. The van der Waals surface area contributed by atoms with Crippen molar-refractivity contribution in [3.05, 3.63) is 42.1 Å². The zero-order valence-corrected chi connectivity index (χ0v) is 11.0. The van der Waals surface area contributed by atoms with Crippen molar-refractivity contribution in [1.29, 1.82) is 0 Å². The molecule has 1 unspecified atom stereocenters. The van der Waals surface area contributed by atoms with Crippen LogP contribution in [-0.2, 0) is 4.74 Å². The summed E-state index contributed by atoms with van der Waals surface area (Å²) in [5.41, 5.74) is 1.01. The zero-order chi connectivity index (χ0) is 13.9. The fourth-order valence-corrected chi connectivity index (χ4v) is 2.47. The first-order valence-corrected chi connectivity index (χ1v) is 6.80. The first-order chi connectivity index (χ1) is 9.75. The summed E-state index contributed by atoms with van der Waals surface area (Å²) in [5, 5.41) is 4.34. The van der Waals surface area contributed by atoms with Gasteiger partial charge in [-0.2, -0.15) is 5.10 Å². The van der Waals surface area contributed by atoms with Crippen LogP contribution < -0.4 is 0 Å². The minimum absolute atomic E-state index is 0.0367. The number of alkyl halides is 2. The van der Waals surface area contributed by atoms with E-state index < -0.39 is 6.43 Å². The minimum Gasteiger partial charge on any atom is -0.357 e. The molecule has 1 aliphatic rings. The molecule has 0 bridgehead atoms. The van der Waals surface area contributed by atoms with E-state index in [4.69, 9.17) is 4.74 Å². The maximum atomic E-state index is 13.2. The van der Waals surface area contributed by atoms with Crippen molar-refractivity contribution in [1.82, 2.24) is 9.78 Å². The molecule has 3 nitrogen and oxygen atoms in total. The van der Waals surface area contributed by atoms with E-state index in [0.29, 0.717) is 17.9 Å². The number of aromatic nitrogens is 2. The Kier molecular flexibility index (Phi) is 3.78. The zero-order valence-electron chi connectivity index (χ0n) is 11.0. The van der Waals surface area contributed by atoms with Gasteiger partial charge in [0, 0.05) is 18.4 Å². The van der Waals surface area contributed by atoms with Crippen LogP contribution in [0.15, 0.2) is 36.5 Å². The molecule has 1 atom stereocenters. The lowest BCUT2D eigenvalue weighted by molar-refractivity contribution is -0.0395. The molecule has 1 fully saturated rings. The predicted molar refractivity (Wildman–Crippen MR) is 71.5 cm³/mol. The van der Waals surface area contributed by atoms with Gasteiger partial charge in [0.1, 0.15) is 11.9 Å². The fourth-order valence-electron chi connectivity index (χ4n) is 2.47. The van der Waals surface area contributed by atoms with Gasteiger partial charge >= 0.3 is 0 Å². The predicted octanol–water partition coefficient (Wildman–Crippen LogP) is 4.19. The van der Waals surface area contributed by atoms with Crippen LogP contribution in [-0.4, -0.2) is 16.4 Å². The second-order valence-corrected chi connectivity index (χ2v) is 4.90. The van der Waals surface area contributed by atoms with Gasteiger partial charge in [0.05, 0.1) is 5.56 Å². The quantitative estimate of drug-likeness (QED) is 0.842. The van der Waals surface area contributed by atoms with E-state index in [0.717, 1.165) is 19.3 Å². The number of benzene rings is 1. The number of rotatable bonds is 3. The summed E-state index contributed by atoms with van der Waals surface area (Å²) in [5.74, 6) is 0. The third kappa shape index (κ3) is 2.58. The lowest BCUT2D eigenvalue weighted by Gasteiger charge is -2.22. The second kappa shape index (κ2) is 5.71. The smallest absolute Gasteiger partial charge is 0.267 e. The lowest BCUT2D eigenvalue weighted by Crippen LogP contribution is -2.18. The summed E-state index contributed by atoms with van der Waals surface area (Å²) in [6, 6.07) is 9.08. The molecule has 5 heteroatoms. The second-order valence-electron chi connectivity index (χ2n) is 4.90. The van der Waals surface area contributed by atoms with Crippen molar-refractivity contribution in [2.45, 2.75) is 31.9 Å². The molecule has 2 aromatic rings. The van der Waals surface area contributed by atoms with Crippen molar-refractivity contribution in [2.75, 3.05) is 6.61 Å². The van der Waals surface area contributed by atoms with Crippen LogP contribution in [0.5, 0.6) is 0 Å². The summed E-state index contributed by atoms with van der Waals surface area (Å²) in [6.07, 6.45) is 1.53. The van der Waals surface area contributed by atoms with Crippen molar-refractivity contribution >= 4 is 0 Å². The first-order valence-electron chi connectivity index (χ1n) is 6.80.